The predicted octanol–water partition coefficient (Wildman–Crippen LogP) is 2.20. The maximum atomic E-state index is 12.3. The molecule has 0 radical (unpaired) electrons. The van der Waals surface area contributed by atoms with Gasteiger partial charge in [0.25, 0.3) is 6.43 Å². The largest absolute Gasteiger partial charge is 0.481 e. The van der Waals surface area contributed by atoms with Gasteiger partial charge in [-0.2, -0.15) is 0 Å². The van der Waals surface area contributed by atoms with Crippen LogP contribution in [0.4, 0.5) is 8.78 Å². The number of carboxylic acids is 1. The zero-order valence-electron chi connectivity index (χ0n) is 12.2. The van der Waals surface area contributed by atoms with Crippen LogP contribution in [0.5, 0.6) is 0 Å². The molecule has 6 heteroatoms. The molecule has 1 saturated heterocycles. The van der Waals surface area contributed by atoms with Crippen LogP contribution in [-0.2, 0) is 4.79 Å². The van der Waals surface area contributed by atoms with Crippen molar-refractivity contribution < 1.29 is 18.7 Å². The van der Waals surface area contributed by atoms with Gasteiger partial charge in [-0.15, -0.1) is 0 Å². The molecular formula is C14H26F2N2O2. The van der Waals surface area contributed by atoms with E-state index < -0.39 is 12.4 Å². The van der Waals surface area contributed by atoms with Crippen molar-refractivity contribution in [1.82, 2.24) is 10.2 Å². The highest BCUT2D eigenvalue weighted by Gasteiger charge is 2.27. The third kappa shape index (κ3) is 7.14. The number of aliphatic carboxylic acids is 1. The van der Waals surface area contributed by atoms with E-state index >= 15 is 0 Å². The van der Waals surface area contributed by atoms with Crippen LogP contribution < -0.4 is 5.32 Å². The minimum atomic E-state index is -2.33. The van der Waals surface area contributed by atoms with E-state index in [0.29, 0.717) is 6.42 Å². The monoisotopic (exact) mass is 292 g/mol. The van der Waals surface area contributed by atoms with E-state index in [9.17, 15) is 13.6 Å². The number of carbonyl (C=O) groups is 1. The van der Waals surface area contributed by atoms with Gasteiger partial charge in [-0.3, -0.25) is 4.79 Å². The zero-order chi connectivity index (χ0) is 15.0. The van der Waals surface area contributed by atoms with Crippen LogP contribution in [0.2, 0.25) is 0 Å². The van der Waals surface area contributed by atoms with E-state index in [1.165, 1.54) is 0 Å². The van der Waals surface area contributed by atoms with E-state index in [-0.39, 0.29) is 24.9 Å². The average molecular weight is 292 g/mol. The minimum Gasteiger partial charge on any atom is -0.481 e. The van der Waals surface area contributed by atoms with Gasteiger partial charge < -0.3 is 15.3 Å². The second-order valence-electron chi connectivity index (χ2n) is 5.64. The third-order valence-electron chi connectivity index (χ3n) is 3.77. The van der Waals surface area contributed by atoms with Crippen molar-refractivity contribution in [3.05, 3.63) is 0 Å². The number of likely N-dealkylation sites (tertiary alicyclic amines) is 1. The van der Waals surface area contributed by atoms with Crippen LogP contribution in [0.25, 0.3) is 0 Å². The Morgan fingerprint density at radius 2 is 2.20 bits per heavy atom. The summed E-state index contributed by atoms with van der Waals surface area (Å²) >= 11 is 0. The van der Waals surface area contributed by atoms with Crippen molar-refractivity contribution in [2.75, 3.05) is 26.2 Å². The van der Waals surface area contributed by atoms with E-state index in [2.05, 4.69) is 17.1 Å². The molecule has 1 aliphatic rings. The van der Waals surface area contributed by atoms with Crippen molar-refractivity contribution >= 4 is 5.97 Å². The number of carboxylic acid groups (broad SMARTS) is 1. The van der Waals surface area contributed by atoms with Crippen LogP contribution in [0.3, 0.4) is 0 Å². The van der Waals surface area contributed by atoms with Crippen molar-refractivity contribution in [2.24, 2.45) is 5.92 Å². The molecule has 0 aromatic rings. The molecule has 0 saturated carbocycles. The first kappa shape index (κ1) is 17.3. The number of hydrogen-bond donors (Lipinski definition) is 2. The summed E-state index contributed by atoms with van der Waals surface area (Å²) in [5.41, 5.74) is 0. The van der Waals surface area contributed by atoms with Crippen molar-refractivity contribution in [3.8, 4) is 0 Å². The number of unbranched alkanes of at least 4 members (excludes halogenated alkanes) is 1. The lowest BCUT2D eigenvalue weighted by molar-refractivity contribution is -0.137. The molecule has 0 amide bonds. The Hall–Kier alpha value is -0.750. The number of piperidine rings is 1. The van der Waals surface area contributed by atoms with Crippen LogP contribution >= 0.6 is 0 Å². The maximum Gasteiger partial charge on any atom is 0.303 e. The highest BCUT2D eigenvalue weighted by molar-refractivity contribution is 5.66. The number of nitrogens with one attached hydrogen (secondary N) is 1. The molecule has 2 atom stereocenters. The molecule has 4 nitrogen and oxygen atoms in total. The fraction of sp³-hybridized carbons (Fsp3) is 0.929. The summed E-state index contributed by atoms with van der Waals surface area (Å²) in [6, 6.07) is 0.0494. The quantitative estimate of drug-likeness (QED) is 0.684. The molecule has 0 spiro atoms. The first-order valence-corrected chi connectivity index (χ1v) is 7.47. The minimum absolute atomic E-state index is 0.0494. The molecule has 20 heavy (non-hydrogen) atoms. The van der Waals surface area contributed by atoms with Crippen molar-refractivity contribution in [1.29, 1.82) is 0 Å². The molecule has 0 bridgehead atoms. The van der Waals surface area contributed by atoms with Gasteiger partial charge in [-0.1, -0.05) is 13.3 Å². The Labute approximate surface area is 119 Å². The maximum absolute atomic E-state index is 12.3. The lowest BCUT2D eigenvalue weighted by Gasteiger charge is -2.38. The van der Waals surface area contributed by atoms with Crippen molar-refractivity contribution in [2.45, 2.75) is 51.5 Å². The molecule has 0 aromatic heterocycles. The molecule has 1 heterocycles. The molecule has 2 unspecified atom stereocenters. The van der Waals surface area contributed by atoms with Gasteiger partial charge in [-0.25, -0.2) is 8.78 Å². The van der Waals surface area contributed by atoms with Gasteiger partial charge in [0.05, 0.1) is 6.54 Å². The van der Waals surface area contributed by atoms with Gasteiger partial charge in [0.15, 0.2) is 0 Å². The number of halogens is 2. The van der Waals surface area contributed by atoms with Gasteiger partial charge in [0, 0.05) is 25.6 Å². The van der Waals surface area contributed by atoms with Crippen LogP contribution in [0.15, 0.2) is 0 Å². The first-order valence-electron chi connectivity index (χ1n) is 7.47. The molecule has 2 N–H and O–H groups in total. The smallest absolute Gasteiger partial charge is 0.303 e. The summed E-state index contributed by atoms with van der Waals surface area (Å²) in [5, 5.41) is 11.7. The number of hydrogen-bond acceptors (Lipinski definition) is 3. The Kier molecular flexibility index (Phi) is 7.99. The van der Waals surface area contributed by atoms with Gasteiger partial charge in [-0.05, 0) is 31.7 Å². The number of alkyl halides is 2. The Morgan fingerprint density at radius 1 is 1.45 bits per heavy atom. The standard InChI is InChI=1S/C14H26F2N2O2/c1-2-3-6-18-9-11(4-5-14(19)20)7-12(10-18)17-8-13(15)16/h11-13,17H,2-10H2,1H3,(H,19,20). The van der Waals surface area contributed by atoms with E-state index in [0.717, 1.165) is 38.9 Å². The summed E-state index contributed by atoms with van der Waals surface area (Å²) in [5.74, 6) is -0.500. The second kappa shape index (κ2) is 9.23. The average Bonchev–Trinajstić information content (AvgIpc) is 2.40. The summed E-state index contributed by atoms with van der Waals surface area (Å²) < 4.78 is 24.6. The molecule has 1 rings (SSSR count). The number of nitrogens with zero attached hydrogens (tertiary/aromatic N) is 1. The molecular weight excluding hydrogens is 266 g/mol. The molecule has 1 aliphatic heterocycles. The Morgan fingerprint density at radius 3 is 2.80 bits per heavy atom. The summed E-state index contributed by atoms with van der Waals surface area (Å²) in [4.78, 5) is 12.9. The summed E-state index contributed by atoms with van der Waals surface area (Å²) in [6.45, 7) is 4.49. The van der Waals surface area contributed by atoms with Crippen LogP contribution in [0.1, 0.15) is 39.0 Å². The fourth-order valence-electron chi connectivity index (χ4n) is 2.81. The predicted molar refractivity (Wildman–Crippen MR) is 74.1 cm³/mol. The highest BCUT2D eigenvalue weighted by Crippen LogP contribution is 2.22. The van der Waals surface area contributed by atoms with E-state index in [1.807, 2.05) is 0 Å². The third-order valence-corrected chi connectivity index (χ3v) is 3.77. The Bertz CT molecular complexity index is 290. The lowest BCUT2D eigenvalue weighted by Crippen LogP contribution is -2.50. The van der Waals surface area contributed by atoms with Gasteiger partial charge >= 0.3 is 5.97 Å². The second-order valence-corrected chi connectivity index (χ2v) is 5.64. The zero-order valence-corrected chi connectivity index (χ0v) is 12.2. The van der Waals surface area contributed by atoms with Crippen LogP contribution in [-0.4, -0.2) is 54.6 Å². The molecule has 118 valence electrons. The lowest BCUT2D eigenvalue weighted by atomic mass is 9.90. The van der Waals surface area contributed by atoms with Gasteiger partial charge in [0.2, 0.25) is 0 Å². The molecule has 0 aliphatic carbocycles. The van der Waals surface area contributed by atoms with Crippen LogP contribution in [0, 0.1) is 5.92 Å². The van der Waals surface area contributed by atoms with Gasteiger partial charge in [0.1, 0.15) is 0 Å². The first-order chi connectivity index (χ1) is 9.51. The van der Waals surface area contributed by atoms with E-state index in [1.54, 1.807) is 0 Å². The van der Waals surface area contributed by atoms with Crippen molar-refractivity contribution in [3.63, 3.8) is 0 Å². The normalized spacial score (nSPS) is 24.2. The summed E-state index contributed by atoms with van der Waals surface area (Å²) in [6.07, 6.45) is 1.44. The SMILES string of the molecule is CCCCN1CC(CCC(=O)O)CC(NCC(F)F)C1. The molecule has 1 fully saturated rings. The molecule has 0 aromatic carbocycles. The number of rotatable bonds is 9. The van der Waals surface area contributed by atoms with E-state index in [4.69, 9.17) is 5.11 Å². The Balaban J connectivity index is 2.45. The summed E-state index contributed by atoms with van der Waals surface area (Å²) in [7, 11) is 0. The fourth-order valence-corrected chi connectivity index (χ4v) is 2.81. The highest BCUT2D eigenvalue weighted by atomic mass is 19.3. The topological polar surface area (TPSA) is 52.6 Å².